The van der Waals surface area contributed by atoms with Gasteiger partial charge < -0.3 is 14.4 Å². The molecule has 1 unspecified atom stereocenters. The monoisotopic (exact) mass is 449 g/mol. The number of aryl methyl sites for hydroxylation is 1. The van der Waals surface area contributed by atoms with Crippen LogP contribution in [0, 0.1) is 12.7 Å². The van der Waals surface area contributed by atoms with Gasteiger partial charge in [-0.3, -0.25) is 9.59 Å². The highest BCUT2D eigenvalue weighted by Gasteiger charge is 2.27. The fourth-order valence-electron chi connectivity index (χ4n) is 3.15. The largest absolute Gasteiger partial charge is 0.491 e. The maximum atomic E-state index is 14.2. The van der Waals surface area contributed by atoms with Gasteiger partial charge in [0.15, 0.2) is 5.78 Å². The summed E-state index contributed by atoms with van der Waals surface area (Å²) >= 11 is 3.11. The summed E-state index contributed by atoms with van der Waals surface area (Å²) in [6.45, 7) is 4.70. The molecule has 1 aliphatic heterocycles. The first-order valence-corrected chi connectivity index (χ1v) is 9.75. The van der Waals surface area contributed by atoms with Gasteiger partial charge in [-0.05, 0) is 65.7 Å². The molecule has 0 aliphatic carbocycles. The maximum Gasteiger partial charge on any atom is 0.257 e. The van der Waals surface area contributed by atoms with E-state index in [9.17, 15) is 14.0 Å². The van der Waals surface area contributed by atoms with Crippen molar-refractivity contribution in [3.63, 3.8) is 0 Å². The van der Waals surface area contributed by atoms with E-state index in [1.54, 1.807) is 35.2 Å². The molecule has 7 heteroatoms. The smallest absolute Gasteiger partial charge is 0.257 e. The van der Waals surface area contributed by atoms with Crippen LogP contribution >= 0.6 is 15.9 Å². The van der Waals surface area contributed by atoms with E-state index in [1.165, 1.54) is 13.0 Å². The van der Waals surface area contributed by atoms with E-state index in [-0.39, 0.29) is 34.4 Å². The fourth-order valence-corrected chi connectivity index (χ4v) is 3.52. The van der Waals surface area contributed by atoms with Gasteiger partial charge in [0.25, 0.3) is 5.91 Å². The molecule has 5 nitrogen and oxygen atoms in total. The van der Waals surface area contributed by atoms with Crippen molar-refractivity contribution in [3.05, 3.63) is 63.4 Å². The quantitative estimate of drug-likeness (QED) is 0.646. The first-order chi connectivity index (χ1) is 13.4. The Hall–Kier alpha value is -2.25. The van der Waals surface area contributed by atoms with Gasteiger partial charge in [0.05, 0.1) is 23.2 Å². The molecular weight excluding hydrogens is 429 g/mol. The summed E-state index contributed by atoms with van der Waals surface area (Å²) in [6.07, 6.45) is -0.319. The van der Waals surface area contributed by atoms with E-state index < -0.39 is 5.82 Å². The number of morpholine rings is 1. The zero-order chi connectivity index (χ0) is 20.3. The van der Waals surface area contributed by atoms with Gasteiger partial charge in [-0.2, -0.15) is 0 Å². The van der Waals surface area contributed by atoms with Gasteiger partial charge in [-0.15, -0.1) is 0 Å². The molecule has 0 bridgehead atoms. The molecule has 1 fully saturated rings. The van der Waals surface area contributed by atoms with E-state index in [2.05, 4.69) is 15.9 Å². The number of ketones is 1. The molecule has 3 rings (SSSR count). The Morgan fingerprint density at radius 2 is 2.07 bits per heavy atom. The van der Waals surface area contributed by atoms with Gasteiger partial charge in [-0.1, -0.05) is 6.07 Å². The first kappa shape index (κ1) is 20.5. The number of amides is 1. The number of Topliss-reactive ketones (excluding diaryl/α,β-unsaturated/α-hetero) is 1. The van der Waals surface area contributed by atoms with Crippen molar-refractivity contribution in [1.29, 1.82) is 0 Å². The number of carbonyl (C=O) groups excluding carboxylic acids is 2. The summed E-state index contributed by atoms with van der Waals surface area (Å²) in [5, 5.41) is 0. The second-order valence-electron chi connectivity index (χ2n) is 6.69. The lowest BCUT2D eigenvalue weighted by Gasteiger charge is -2.33. The lowest BCUT2D eigenvalue weighted by molar-refractivity contribution is -0.0402. The lowest BCUT2D eigenvalue weighted by atomic mass is 10.1. The van der Waals surface area contributed by atoms with Crippen LogP contribution in [0.1, 0.15) is 33.2 Å². The fraction of sp³-hybridized carbons (Fsp3) is 0.333. The summed E-state index contributed by atoms with van der Waals surface area (Å²) in [7, 11) is 0. The highest BCUT2D eigenvalue weighted by Crippen LogP contribution is 2.22. The van der Waals surface area contributed by atoms with Gasteiger partial charge in [0.2, 0.25) is 0 Å². The van der Waals surface area contributed by atoms with Gasteiger partial charge in [0.1, 0.15) is 24.3 Å². The third kappa shape index (κ3) is 4.59. The van der Waals surface area contributed by atoms with Crippen molar-refractivity contribution in [2.75, 3.05) is 26.3 Å². The van der Waals surface area contributed by atoms with Crippen molar-refractivity contribution in [2.24, 2.45) is 0 Å². The number of nitrogens with zero attached hydrogens (tertiary/aromatic N) is 1. The normalized spacial score (nSPS) is 16.7. The van der Waals surface area contributed by atoms with Crippen molar-refractivity contribution in [2.45, 2.75) is 20.0 Å². The minimum absolute atomic E-state index is 0.00796. The van der Waals surface area contributed by atoms with Crippen molar-refractivity contribution < 1.29 is 23.5 Å². The van der Waals surface area contributed by atoms with Crippen LogP contribution in [0.3, 0.4) is 0 Å². The average Bonchev–Trinajstić information content (AvgIpc) is 2.68. The van der Waals surface area contributed by atoms with E-state index in [4.69, 9.17) is 9.47 Å². The van der Waals surface area contributed by atoms with Gasteiger partial charge in [0, 0.05) is 12.1 Å². The number of halogens is 2. The molecule has 148 valence electrons. The highest BCUT2D eigenvalue weighted by atomic mass is 79.9. The Balaban J connectivity index is 1.62. The molecule has 2 aromatic rings. The number of carbonyl (C=O) groups is 2. The summed E-state index contributed by atoms with van der Waals surface area (Å²) in [5.74, 6) is -0.289. The predicted octanol–water partition coefficient (Wildman–Crippen LogP) is 4.02. The topological polar surface area (TPSA) is 55.8 Å². The molecule has 1 saturated heterocycles. The molecule has 2 aromatic carbocycles. The van der Waals surface area contributed by atoms with Crippen molar-refractivity contribution in [3.8, 4) is 5.75 Å². The molecule has 1 heterocycles. The molecular formula is C21H21BrFNO4. The summed E-state index contributed by atoms with van der Waals surface area (Å²) in [4.78, 5) is 25.8. The van der Waals surface area contributed by atoms with E-state index in [0.29, 0.717) is 31.0 Å². The van der Waals surface area contributed by atoms with E-state index in [1.807, 2.05) is 6.92 Å². The van der Waals surface area contributed by atoms with Crippen molar-refractivity contribution in [1.82, 2.24) is 4.90 Å². The number of hydrogen-bond acceptors (Lipinski definition) is 4. The van der Waals surface area contributed by atoms with E-state index >= 15 is 0 Å². The molecule has 1 amide bonds. The Bertz CT molecular complexity index is 902. The minimum Gasteiger partial charge on any atom is -0.491 e. The first-order valence-electron chi connectivity index (χ1n) is 8.96. The Kier molecular flexibility index (Phi) is 6.46. The van der Waals surface area contributed by atoms with Crippen LogP contribution in [-0.4, -0.2) is 49.0 Å². The van der Waals surface area contributed by atoms with Crippen LogP contribution < -0.4 is 4.74 Å². The number of benzene rings is 2. The molecule has 0 spiro atoms. The second kappa shape index (κ2) is 8.84. The Morgan fingerprint density at radius 3 is 2.79 bits per heavy atom. The highest BCUT2D eigenvalue weighted by molar-refractivity contribution is 9.10. The van der Waals surface area contributed by atoms with Crippen LogP contribution in [0.4, 0.5) is 4.39 Å². The summed E-state index contributed by atoms with van der Waals surface area (Å²) < 4.78 is 26.0. The summed E-state index contributed by atoms with van der Waals surface area (Å²) in [6, 6.07) is 9.95. The van der Waals surface area contributed by atoms with Crippen LogP contribution in [0.5, 0.6) is 5.75 Å². The second-order valence-corrected chi connectivity index (χ2v) is 7.54. The van der Waals surface area contributed by atoms with Crippen molar-refractivity contribution >= 4 is 27.6 Å². The Labute approximate surface area is 171 Å². The number of hydrogen-bond donors (Lipinski definition) is 0. The average molecular weight is 450 g/mol. The molecule has 28 heavy (non-hydrogen) atoms. The van der Waals surface area contributed by atoms with E-state index in [0.717, 1.165) is 5.56 Å². The van der Waals surface area contributed by atoms with Gasteiger partial charge in [-0.25, -0.2) is 4.39 Å². The minimum atomic E-state index is -0.562. The molecule has 0 radical (unpaired) electrons. The maximum absolute atomic E-state index is 14.2. The predicted molar refractivity (Wildman–Crippen MR) is 106 cm³/mol. The van der Waals surface area contributed by atoms with Crippen LogP contribution in [0.25, 0.3) is 0 Å². The SMILES string of the molecule is CC(=O)c1ccc(OCC2CN(C(=O)c3cccc(Br)c3F)CCO2)cc1C. The third-order valence-corrected chi connectivity index (χ3v) is 5.23. The zero-order valence-electron chi connectivity index (χ0n) is 15.7. The summed E-state index contributed by atoms with van der Waals surface area (Å²) in [5.41, 5.74) is 1.54. The lowest BCUT2D eigenvalue weighted by Crippen LogP contribution is -2.47. The molecule has 0 saturated carbocycles. The standard InChI is InChI=1S/C21H21BrFNO4/c1-13-10-15(6-7-17(13)14(2)25)28-12-16-11-24(8-9-27-16)21(26)18-4-3-5-19(22)20(18)23/h3-7,10,16H,8-9,11-12H2,1-2H3. The number of ether oxygens (including phenoxy) is 2. The molecule has 1 atom stereocenters. The third-order valence-electron chi connectivity index (χ3n) is 4.62. The molecule has 0 aromatic heterocycles. The van der Waals surface area contributed by atoms with Crippen LogP contribution in [0.2, 0.25) is 0 Å². The molecule has 1 aliphatic rings. The van der Waals surface area contributed by atoms with Crippen LogP contribution in [0.15, 0.2) is 40.9 Å². The molecule has 0 N–H and O–H groups in total. The number of rotatable bonds is 5. The zero-order valence-corrected chi connectivity index (χ0v) is 17.3. The Morgan fingerprint density at radius 1 is 1.29 bits per heavy atom. The van der Waals surface area contributed by atoms with Gasteiger partial charge >= 0.3 is 0 Å². The van der Waals surface area contributed by atoms with Crippen LogP contribution in [-0.2, 0) is 4.74 Å².